The summed E-state index contributed by atoms with van der Waals surface area (Å²) in [6, 6.07) is 72.4. The average Bonchev–Trinajstić information content (AvgIpc) is 3.82. The number of rotatable bonds is 6. The molecule has 11 aromatic rings. The highest BCUT2D eigenvalue weighted by Crippen LogP contribution is 2.47. The minimum absolute atomic E-state index is 0.893. The molecule has 258 valence electrons. The van der Waals surface area contributed by atoms with Crippen LogP contribution in [0.15, 0.2) is 205 Å². The van der Waals surface area contributed by atoms with Crippen LogP contribution in [-0.4, -0.2) is 0 Å². The maximum atomic E-state index is 6.25. The molecule has 0 amide bonds. The number of anilines is 3. The Morgan fingerprint density at radius 3 is 1.82 bits per heavy atom. The normalized spacial score (nSPS) is 11.6. The molecular formula is C52H33NOS. The van der Waals surface area contributed by atoms with Gasteiger partial charge in [-0.2, -0.15) is 0 Å². The van der Waals surface area contributed by atoms with Crippen LogP contribution in [0.1, 0.15) is 0 Å². The molecule has 3 heteroatoms. The van der Waals surface area contributed by atoms with E-state index in [4.69, 9.17) is 4.42 Å². The van der Waals surface area contributed by atoms with Crippen LogP contribution in [0.25, 0.3) is 86.3 Å². The molecule has 9 aromatic carbocycles. The van der Waals surface area contributed by atoms with Gasteiger partial charge in [-0.05, 0) is 87.6 Å². The summed E-state index contributed by atoms with van der Waals surface area (Å²) in [5.41, 5.74) is 12.1. The molecule has 0 spiro atoms. The van der Waals surface area contributed by atoms with E-state index < -0.39 is 0 Å². The molecule has 0 saturated heterocycles. The molecule has 0 aliphatic heterocycles. The van der Waals surface area contributed by atoms with E-state index in [1.54, 1.807) is 0 Å². The fourth-order valence-corrected chi connectivity index (χ4v) is 9.51. The first-order valence-corrected chi connectivity index (χ1v) is 19.5. The lowest BCUT2D eigenvalue weighted by atomic mass is 9.96. The number of hydrogen-bond donors (Lipinski definition) is 0. The molecule has 0 radical (unpaired) electrons. The van der Waals surface area contributed by atoms with E-state index in [9.17, 15) is 0 Å². The highest BCUT2D eigenvalue weighted by Gasteiger charge is 2.22. The molecule has 2 heterocycles. The summed E-state index contributed by atoms with van der Waals surface area (Å²) in [7, 11) is 0. The van der Waals surface area contributed by atoms with Crippen LogP contribution in [0.2, 0.25) is 0 Å². The Hall–Kier alpha value is -6.94. The van der Waals surface area contributed by atoms with Gasteiger partial charge in [-0.15, -0.1) is 11.3 Å². The molecule has 2 aromatic heterocycles. The van der Waals surface area contributed by atoms with Gasteiger partial charge in [-0.25, -0.2) is 0 Å². The average molecular weight is 720 g/mol. The largest absolute Gasteiger partial charge is 0.456 e. The van der Waals surface area contributed by atoms with Crippen molar-refractivity contribution in [1.29, 1.82) is 0 Å². The molecule has 0 bridgehead atoms. The molecule has 0 fully saturated rings. The first-order chi connectivity index (χ1) is 27.3. The minimum atomic E-state index is 0.893. The van der Waals surface area contributed by atoms with Gasteiger partial charge in [0.1, 0.15) is 11.2 Å². The number of fused-ring (bicyclic) bond motifs is 7. The van der Waals surface area contributed by atoms with Gasteiger partial charge in [0.05, 0.1) is 11.4 Å². The summed E-state index contributed by atoms with van der Waals surface area (Å²) in [6.45, 7) is 0. The van der Waals surface area contributed by atoms with Crippen molar-refractivity contribution in [1.82, 2.24) is 0 Å². The zero-order chi connectivity index (χ0) is 36.3. The van der Waals surface area contributed by atoms with Crippen molar-refractivity contribution in [2.24, 2.45) is 0 Å². The Kier molecular flexibility index (Phi) is 7.39. The Balaban J connectivity index is 1.15. The second-order valence-corrected chi connectivity index (χ2v) is 15.1. The predicted octanol–water partition coefficient (Wildman–Crippen LogP) is 15.6. The standard InChI is InChI=1S/C52H33NOS/c1-2-14-35-31-37(28-27-34(35)13-1)40-17-3-7-23-47(40)53(39-16-11-15-36(32-39)42-21-12-22-45-44-20-6-10-26-51(44)55-52(42)45)48-24-8-4-18-41(48)38-29-30-50-46(33-38)43-19-5-9-25-49(43)54-50/h1-33H. The van der Waals surface area contributed by atoms with Crippen molar-refractivity contribution >= 4 is 81.3 Å². The van der Waals surface area contributed by atoms with Gasteiger partial charge < -0.3 is 9.32 Å². The van der Waals surface area contributed by atoms with Crippen molar-refractivity contribution in [3.63, 3.8) is 0 Å². The maximum absolute atomic E-state index is 6.25. The van der Waals surface area contributed by atoms with E-state index in [2.05, 4.69) is 193 Å². The van der Waals surface area contributed by atoms with Crippen molar-refractivity contribution in [3.05, 3.63) is 200 Å². The Labute approximate surface area is 322 Å². The zero-order valence-electron chi connectivity index (χ0n) is 29.8. The molecule has 0 saturated carbocycles. The molecule has 0 aliphatic rings. The molecular weight excluding hydrogens is 687 g/mol. The maximum Gasteiger partial charge on any atom is 0.135 e. The van der Waals surface area contributed by atoms with Crippen LogP contribution in [0, 0.1) is 0 Å². The lowest BCUT2D eigenvalue weighted by Crippen LogP contribution is -2.12. The topological polar surface area (TPSA) is 16.4 Å². The fourth-order valence-electron chi connectivity index (χ4n) is 8.27. The van der Waals surface area contributed by atoms with E-state index in [0.717, 1.165) is 55.7 Å². The third-order valence-corrected chi connectivity index (χ3v) is 12.1. The number of thiophene rings is 1. The fraction of sp³-hybridized carbons (Fsp3) is 0. The van der Waals surface area contributed by atoms with Gasteiger partial charge >= 0.3 is 0 Å². The molecule has 0 N–H and O–H groups in total. The summed E-state index contributed by atoms with van der Waals surface area (Å²) in [5.74, 6) is 0. The SMILES string of the molecule is c1cc(-c2cccc3c2sc2ccccc23)cc(N(c2ccccc2-c2ccc3ccccc3c2)c2ccccc2-c2ccc3oc4ccccc4c3c2)c1. The number of para-hydroxylation sites is 3. The molecule has 0 atom stereocenters. The van der Waals surface area contributed by atoms with Gasteiger partial charge in [0, 0.05) is 47.8 Å². The molecule has 11 rings (SSSR count). The lowest BCUT2D eigenvalue weighted by molar-refractivity contribution is 0.669. The van der Waals surface area contributed by atoms with E-state index >= 15 is 0 Å². The zero-order valence-corrected chi connectivity index (χ0v) is 30.6. The third kappa shape index (κ3) is 5.32. The van der Waals surface area contributed by atoms with Gasteiger partial charge in [-0.3, -0.25) is 0 Å². The summed E-state index contributed by atoms with van der Waals surface area (Å²) in [6.07, 6.45) is 0. The van der Waals surface area contributed by atoms with Crippen LogP contribution in [-0.2, 0) is 0 Å². The number of hydrogen-bond acceptors (Lipinski definition) is 3. The molecule has 0 aliphatic carbocycles. The van der Waals surface area contributed by atoms with E-state index in [1.807, 2.05) is 23.5 Å². The Bertz CT molecular complexity index is 3240. The van der Waals surface area contributed by atoms with Crippen molar-refractivity contribution in [3.8, 4) is 33.4 Å². The quantitative estimate of drug-likeness (QED) is 0.170. The molecule has 0 unspecified atom stereocenters. The first kappa shape index (κ1) is 31.6. The van der Waals surface area contributed by atoms with Crippen LogP contribution < -0.4 is 4.90 Å². The van der Waals surface area contributed by atoms with Crippen molar-refractivity contribution in [2.45, 2.75) is 0 Å². The Morgan fingerprint density at radius 1 is 0.364 bits per heavy atom. The van der Waals surface area contributed by atoms with E-state index in [1.165, 1.54) is 47.6 Å². The van der Waals surface area contributed by atoms with Gasteiger partial charge in [0.25, 0.3) is 0 Å². The Morgan fingerprint density at radius 2 is 0.964 bits per heavy atom. The van der Waals surface area contributed by atoms with Crippen molar-refractivity contribution < 1.29 is 4.42 Å². The minimum Gasteiger partial charge on any atom is -0.456 e. The molecule has 2 nitrogen and oxygen atoms in total. The third-order valence-electron chi connectivity index (χ3n) is 10.9. The highest BCUT2D eigenvalue weighted by molar-refractivity contribution is 7.26. The van der Waals surface area contributed by atoms with Gasteiger partial charge in [-0.1, -0.05) is 146 Å². The van der Waals surface area contributed by atoms with Gasteiger partial charge in [0.2, 0.25) is 0 Å². The summed E-state index contributed by atoms with van der Waals surface area (Å²) in [5, 5.41) is 7.30. The highest BCUT2D eigenvalue weighted by atomic mass is 32.1. The first-order valence-electron chi connectivity index (χ1n) is 18.7. The molecule has 55 heavy (non-hydrogen) atoms. The summed E-state index contributed by atoms with van der Waals surface area (Å²) in [4.78, 5) is 2.45. The summed E-state index contributed by atoms with van der Waals surface area (Å²) < 4.78 is 8.87. The summed E-state index contributed by atoms with van der Waals surface area (Å²) >= 11 is 1.87. The van der Waals surface area contributed by atoms with Crippen molar-refractivity contribution in [2.75, 3.05) is 4.90 Å². The number of nitrogens with zero attached hydrogens (tertiary/aromatic N) is 1. The van der Waals surface area contributed by atoms with Gasteiger partial charge in [0.15, 0.2) is 0 Å². The van der Waals surface area contributed by atoms with E-state index in [0.29, 0.717) is 0 Å². The van der Waals surface area contributed by atoms with Crippen LogP contribution >= 0.6 is 11.3 Å². The number of furan rings is 1. The van der Waals surface area contributed by atoms with E-state index in [-0.39, 0.29) is 0 Å². The van der Waals surface area contributed by atoms with Crippen LogP contribution in [0.3, 0.4) is 0 Å². The second kappa shape index (κ2) is 12.9. The lowest BCUT2D eigenvalue weighted by Gasteiger charge is -2.30. The second-order valence-electron chi connectivity index (χ2n) is 14.1. The predicted molar refractivity (Wildman–Crippen MR) is 235 cm³/mol. The van der Waals surface area contributed by atoms with Crippen LogP contribution in [0.5, 0.6) is 0 Å². The smallest absolute Gasteiger partial charge is 0.135 e. The monoisotopic (exact) mass is 719 g/mol. The van der Waals surface area contributed by atoms with Crippen LogP contribution in [0.4, 0.5) is 17.1 Å². The number of benzene rings is 9.